The molecule has 0 N–H and O–H groups in total. The molecule has 1 aliphatic rings. The van der Waals surface area contributed by atoms with E-state index in [1.807, 2.05) is 0 Å². The highest BCUT2D eigenvalue weighted by Crippen LogP contribution is 2.17. The van der Waals surface area contributed by atoms with E-state index < -0.39 is 22.6 Å². The van der Waals surface area contributed by atoms with Gasteiger partial charge in [-0.05, 0) is 24.3 Å². The fourth-order valence-electron chi connectivity index (χ4n) is 2.60. The Hall–Kier alpha value is -2.65. The van der Waals surface area contributed by atoms with Crippen molar-refractivity contribution in [2.24, 2.45) is 0 Å². The van der Waals surface area contributed by atoms with Crippen LogP contribution in [0, 0.1) is 0 Å². The number of nitrogens with zero attached hydrogens (tertiary/aromatic N) is 2. The van der Waals surface area contributed by atoms with E-state index in [1.165, 1.54) is 21.5 Å². The largest absolute Gasteiger partial charge is 0.457 e. The van der Waals surface area contributed by atoms with Crippen LogP contribution in [0.4, 0.5) is 0 Å². The first-order chi connectivity index (χ1) is 12.5. The normalized spacial score (nSPS) is 15.6. The first-order valence-electron chi connectivity index (χ1n) is 8.02. The zero-order valence-electron chi connectivity index (χ0n) is 13.9. The van der Waals surface area contributed by atoms with Crippen molar-refractivity contribution in [3.8, 4) is 0 Å². The van der Waals surface area contributed by atoms with Crippen molar-refractivity contribution in [2.75, 3.05) is 32.8 Å². The number of carbonyl (C=O) groups excluding carboxylic acids is 2. The fraction of sp³-hybridized carbons (Fsp3) is 0.294. The summed E-state index contributed by atoms with van der Waals surface area (Å²) < 4.78 is 36.3. The molecule has 138 valence electrons. The number of rotatable bonds is 5. The summed E-state index contributed by atoms with van der Waals surface area (Å²) in [5.41, 5.74) is 0. The molecule has 1 aromatic carbocycles. The van der Waals surface area contributed by atoms with Gasteiger partial charge in [-0.25, -0.2) is 13.2 Å². The van der Waals surface area contributed by atoms with Crippen LogP contribution in [0.1, 0.15) is 10.6 Å². The molecule has 9 heteroatoms. The van der Waals surface area contributed by atoms with Crippen molar-refractivity contribution < 1.29 is 27.2 Å². The van der Waals surface area contributed by atoms with E-state index >= 15 is 0 Å². The van der Waals surface area contributed by atoms with Gasteiger partial charge in [0, 0.05) is 26.2 Å². The van der Waals surface area contributed by atoms with Gasteiger partial charge in [0.1, 0.15) is 0 Å². The molecule has 0 unspecified atom stereocenters. The maximum Gasteiger partial charge on any atom is 0.374 e. The average molecular weight is 378 g/mol. The summed E-state index contributed by atoms with van der Waals surface area (Å²) in [4.78, 5) is 25.5. The van der Waals surface area contributed by atoms with Gasteiger partial charge in [0.2, 0.25) is 15.8 Å². The van der Waals surface area contributed by atoms with Crippen LogP contribution in [0.3, 0.4) is 0 Å². The van der Waals surface area contributed by atoms with Gasteiger partial charge in [-0.15, -0.1) is 0 Å². The van der Waals surface area contributed by atoms with Crippen molar-refractivity contribution in [2.45, 2.75) is 4.90 Å². The molecule has 1 fully saturated rings. The maximum atomic E-state index is 12.6. The standard InChI is InChI=1S/C17H18N2O6S/c20-16(13-25-17(21)15-7-4-12-24-15)18-8-10-19(11-9-18)26(22,23)14-5-2-1-3-6-14/h1-7,12H,8-11,13H2. The number of esters is 1. The number of carbonyl (C=O) groups is 2. The third-order valence-corrected chi connectivity index (χ3v) is 5.93. The number of hydrogen-bond acceptors (Lipinski definition) is 6. The zero-order valence-corrected chi connectivity index (χ0v) is 14.7. The van der Waals surface area contributed by atoms with Crippen molar-refractivity contribution in [1.82, 2.24) is 9.21 Å². The summed E-state index contributed by atoms with van der Waals surface area (Å²) in [7, 11) is -3.57. The zero-order chi connectivity index (χ0) is 18.6. The Morgan fingerprint density at radius 2 is 1.69 bits per heavy atom. The molecule has 1 aliphatic heterocycles. The van der Waals surface area contributed by atoms with Gasteiger partial charge in [-0.1, -0.05) is 18.2 Å². The number of hydrogen-bond donors (Lipinski definition) is 0. The SMILES string of the molecule is O=C(OCC(=O)N1CCN(S(=O)(=O)c2ccccc2)CC1)c1ccco1. The van der Waals surface area contributed by atoms with Crippen molar-refractivity contribution >= 4 is 21.9 Å². The summed E-state index contributed by atoms with van der Waals surface area (Å²) >= 11 is 0. The minimum Gasteiger partial charge on any atom is -0.457 e. The summed E-state index contributed by atoms with van der Waals surface area (Å²) in [6, 6.07) is 11.2. The third kappa shape index (κ3) is 3.94. The minimum absolute atomic E-state index is 0.0246. The lowest BCUT2D eigenvalue weighted by Gasteiger charge is -2.33. The van der Waals surface area contributed by atoms with Crippen LogP contribution >= 0.6 is 0 Å². The van der Waals surface area contributed by atoms with E-state index in [0.29, 0.717) is 0 Å². The van der Waals surface area contributed by atoms with E-state index in [1.54, 1.807) is 36.4 Å². The number of furan rings is 1. The third-order valence-electron chi connectivity index (χ3n) is 4.02. The Bertz CT molecular complexity index is 856. The first-order valence-corrected chi connectivity index (χ1v) is 9.46. The Morgan fingerprint density at radius 3 is 2.31 bits per heavy atom. The molecule has 0 aliphatic carbocycles. The van der Waals surface area contributed by atoms with E-state index in [-0.39, 0.29) is 42.7 Å². The monoisotopic (exact) mass is 378 g/mol. The van der Waals surface area contributed by atoms with E-state index in [9.17, 15) is 18.0 Å². The lowest BCUT2D eigenvalue weighted by molar-refractivity contribution is -0.135. The quantitative estimate of drug-likeness (QED) is 0.719. The molecule has 2 aromatic rings. The molecule has 26 heavy (non-hydrogen) atoms. The van der Waals surface area contributed by atoms with Gasteiger partial charge in [-0.3, -0.25) is 4.79 Å². The molecular formula is C17H18N2O6S. The van der Waals surface area contributed by atoms with Crippen molar-refractivity contribution in [3.63, 3.8) is 0 Å². The fourth-order valence-corrected chi connectivity index (χ4v) is 4.05. The van der Waals surface area contributed by atoms with Gasteiger partial charge >= 0.3 is 5.97 Å². The van der Waals surface area contributed by atoms with Gasteiger partial charge in [-0.2, -0.15) is 4.31 Å². The molecule has 1 saturated heterocycles. The highest BCUT2D eigenvalue weighted by atomic mass is 32.2. The van der Waals surface area contributed by atoms with Crippen LogP contribution in [0.2, 0.25) is 0 Å². The highest BCUT2D eigenvalue weighted by Gasteiger charge is 2.30. The van der Waals surface area contributed by atoms with Gasteiger partial charge < -0.3 is 14.1 Å². The second-order valence-corrected chi connectivity index (χ2v) is 7.59. The number of sulfonamides is 1. The maximum absolute atomic E-state index is 12.6. The van der Waals surface area contributed by atoms with Crippen LogP contribution in [0.5, 0.6) is 0 Å². The number of ether oxygens (including phenoxy) is 1. The van der Waals surface area contributed by atoms with Crippen molar-refractivity contribution in [3.05, 3.63) is 54.5 Å². The minimum atomic E-state index is -3.57. The smallest absolute Gasteiger partial charge is 0.374 e. The molecule has 1 aromatic heterocycles. The van der Waals surface area contributed by atoms with E-state index in [2.05, 4.69) is 0 Å². The van der Waals surface area contributed by atoms with Crippen LogP contribution < -0.4 is 0 Å². The number of piperazine rings is 1. The summed E-state index contributed by atoms with van der Waals surface area (Å²) in [6.45, 7) is 0.446. The molecule has 0 atom stereocenters. The molecule has 2 heterocycles. The second-order valence-electron chi connectivity index (χ2n) is 5.65. The summed E-state index contributed by atoms with van der Waals surface area (Å²) in [5, 5.41) is 0. The Kier molecular flexibility index (Phi) is 5.38. The summed E-state index contributed by atoms with van der Waals surface area (Å²) in [5.74, 6) is -1.06. The molecule has 0 saturated carbocycles. The molecular weight excluding hydrogens is 360 g/mol. The Labute approximate surface area is 151 Å². The van der Waals surface area contributed by atoms with Gasteiger partial charge in [0.05, 0.1) is 11.2 Å². The average Bonchev–Trinajstić information content (AvgIpc) is 3.21. The Balaban J connectivity index is 1.52. The molecule has 0 bridgehead atoms. The molecule has 0 spiro atoms. The predicted octanol–water partition coefficient (Wildman–Crippen LogP) is 0.970. The molecule has 1 amide bonds. The lowest BCUT2D eigenvalue weighted by Crippen LogP contribution is -2.51. The van der Waals surface area contributed by atoms with Crippen LogP contribution in [0.25, 0.3) is 0 Å². The Morgan fingerprint density at radius 1 is 1.00 bits per heavy atom. The molecule has 3 rings (SSSR count). The lowest BCUT2D eigenvalue weighted by atomic mass is 10.3. The van der Waals surface area contributed by atoms with Crippen molar-refractivity contribution in [1.29, 1.82) is 0 Å². The van der Waals surface area contributed by atoms with Gasteiger partial charge in [0.15, 0.2) is 6.61 Å². The number of benzene rings is 1. The highest BCUT2D eigenvalue weighted by molar-refractivity contribution is 7.89. The predicted molar refractivity (Wildman–Crippen MR) is 90.8 cm³/mol. The van der Waals surface area contributed by atoms with Crippen LogP contribution in [-0.4, -0.2) is 62.3 Å². The summed E-state index contributed by atoms with van der Waals surface area (Å²) in [6.07, 6.45) is 1.34. The van der Waals surface area contributed by atoms with Crippen LogP contribution in [0.15, 0.2) is 58.0 Å². The van der Waals surface area contributed by atoms with Gasteiger partial charge in [0.25, 0.3) is 5.91 Å². The molecule has 0 radical (unpaired) electrons. The van der Waals surface area contributed by atoms with E-state index in [0.717, 1.165) is 0 Å². The van der Waals surface area contributed by atoms with E-state index in [4.69, 9.17) is 9.15 Å². The number of amides is 1. The topological polar surface area (TPSA) is 97.1 Å². The second kappa shape index (κ2) is 7.71. The first kappa shape index (κ1) is 18.2. The molecule has 8 nitrogen and oxygen atoms in total. The van der Waals surface area contributed by atoms with Crippen LogP contribution in [-0.2, 0) is 19.6 Å².